The van der Waals surface area contributed by atoms with Crippen LogP contribution in [0, 0.1) is 5.82 Å². The molecule has 0 aliphatic rings. The van der Waals surface area contributed by atoms with Crippen LogP contribution in [0.4, 0.5) is 15.8 Å². The van der Waals surface area contributed by atoms with Crippen molar-refractivity contribution in [2.24, 2.45) is 0 Å². The van der Waals surface area contributed by atoms with Crippen LogP contribution < -0.4 is 15.4 Å². The third-order valence-corrected chi connectivity index (χ3v) is 5.24. The molecule has 0 aliphatic heterocycles. The molecule has 0 spiro atoms. The van der Waals surface area contributed by atoms with Gasteiger partial charge in [0.2, 0.25) is 0 Å². The van der Waals surface area contributed by atoms with Crippen LogP contribution in [0.25, 0.3) is 0 Å². The first-order valence-electron chi connectivity index (χ1n) is 8.64. The van der Waals surface area contributed by atoms with E-state index < -0.39 is 23.4 Å². The Bertz CT molecular complexity index is 1160. The summed E-state index contributed by atoms with van der Waals surface area (Å²) in [5.41, 5.74) is 0.253. The van der Waals surface area contributed by atoms with Crippen LogP contribution in [0.1, 0.15) is 20.7 Å². The van der Waals surface area contributed by atoms with E-state index in [1.165, 1.54) is 49.6 Å². The molecule has 3 rings (SSSR count). The number of anilines is 2. The summed E-state index contributed by atoms with van der Waals surface area (Å²) in [7, 11) is 1.40. The van der Waals surface area contributed by atoms with Gasteiger partial charge in [0.15, 0.2) is 0 Å². The molecule has 0 heterocycles. The number of phenolic OH excluding ortho intramolecular Hbond substituents is 1. The molecule has 0 radical (unpaired) electrons. The van der Waals surface area contributed by atoms with Crippen molar-refractivity contribution in [2.75, 3.05) is 17.7 Å². The number of hydrogen-bond donors (Lipinski definition) is 3. The van der Waals surface area contributed by atoms with Gasteiger partial charge in [-0.15, -0.1) is 0 Å². The lowest BCUT2D eigenvalue weighted by atomic mass is 10.1. The Kier molecular flexibility index (Phi) is 6.90. The van der Waals surface area contributed by atoms with Gasteiger partial charge in [0.25, 0.3) is 11.8 Å². The van der Waals surface area contributed by atoms with Crippen molar-refractivity contribution in [3.05, 3.63) is 80.5 Å². The molecule has 0 bridgehead atoms. The minimum absolute atomic E-state index is 0.00704. The highest BCUT2D eigenvalue weighted by molar-refractivity contribution is 6.46. The molecule has 0 saturated carbocycles. The van der Waals surface area contributed by atoms with Crippen molar-refractivity contribution in [2.45, 2.75) is 0 Å². The van der Waals surface area contributed by atoms with Crippen LogP contribution >= 0.6 is 34.8 Å². The van der Waals surface area contributed by atoms with Gasteiger partial charge in [-0.25, -0.2) is 4.39 Å². The summed E-state index contributed by atoms with van der Waals surface area (Å²) in [5.74, 6) is -2.14. The number of carbonyl (C=O) groups excluding carboxylic acids is 2. The highest BCUT2D eigenvalue weighted by atomic mass is 35.5. The summed E-state index contributed by atoms with van der Waals surface area (Å²) in [4.78, 5) is 25.1. The number of carbonyl (C=O) groups is 2. The maximum Gasteiger partial charge on any atom is 0.261 e. The number of hydrogen-bond acceptors (Lipinski definition) is 4. The number of amides is 2. The maximum atomic E-state index is 13.4. The second-order valence-corrected chi connectivity index (χ2v) is 7.40. The Morgan fingerprint density at radius 1 is 0.968 bits per heavy atom. The van der Waals surface area contributed by atoms with Crippen LogP contribution in [0.5, 0.6) is 11.5 Å². The Morgan fingerprint density at radius 3 is 2.39 bits per heavy atom. The monoisotopic (exact) mass is 482 g/mol. The second-order valence-electron chi connectivity index (χ2n) is 6.21. The zero-order valence-electron chi connectivity index (χ0n) is 15.8. The van der Waals surface area contributed by atoms with Gasteiger partial charge in [0.1, 0.15) is 22.9 Å². The molecule has 10 heteroatoms. The fraction of sp³-hybridized carbons (Fsp3) is 0.0476. The van der Waals surface area contributed by atoms with Gasteiger partial charge < -0.3 is 20.5 Å². The molecule has 160 valence electrons. The molecule has 0 unspecified atom stereocenters. The van der Waals surface area contributed by atoms with Crippen LogP contribution in [0.3, 0.4) is 0 Å². The number of nitrogens with one attached hydrogen (secondary N) is 2. The Morgan fingerprint density at radius 2 is 1.71 bits per heavy atom. The maximum absolute atomic E-state index is 13.4. The molecule has 0 aromatic heterocycles. The third-order valence-electron chi connectivity index (χ3n) is 4.17. The molecule has 0 fully saturated rings. The summed E-state index contributed by atoms with van der Waals surface area (Å²) in [5, 5.41) is 14.9. The topological polar surface area (TPSA) is 87.7 Å². The Balaban J connectivity index is 1.89. The normalized spacial score (nSPS) is 10.5. The average molecular weight is 484 g/mol. The van der Waals surface area contributed by atoms with Gasteiger partial charge in [0, 0.05) is 11.3 Å². The lowest BCUT2D eigenvalue weighted by Gasteiger charge is -2.14. The largest absolute Gasteiger partial charge is 0.505 e. The van der Waals surface area contributed by atoms with E-state index in [9.17, 15) is 19.1 Å². The molecule has 0 atom stereocenters. The summed E-state index contributed by atoms with van der Waals surface area (Å²) in [6, 6.07) is 10.8. The second kappa shape index (κ2) is 9.43. The van der Waals surface area contributed by atoms with E-state index in [1.54, 1.807) is 0 Å². The third kappa shape index (κ3) is 5.02. The van der Waals surface area contributed by atoms with Crippen molar-refractivity contribution in [1.82, 2.24) is 0 Å². The van der Waals surface area contributed by atoms with Gasteiger partial charge in [0.05, 0.1) is 27.9 Å². The molecule has 3 N–H and O–H groups in total. The van der Waals surface area contributed by atoms with E-state index in [-0.39, 0.29) is 37.6 Å². The lowest BCUT2D eigenvalue weighted by Crippen LogP contribution is -2.15. The highest BCUT2D eigenvalue weighted by Crippen LogP contribution is 2.39. The van der Waals surface area contributed by atoms with Crippen LogP contribution in [-0.2, 0) is 0 Å². The standard InChI is InChI=1S/C21H14Cl3FN2O4/c1-31-16-6-5-12(8-15(16)27-20(29)10-3-2-4-11(25)7-10)26-21(30)17-18(24)13(22)9-14(23)19(17)28/h2-9,28H,1H3,(H,26,30)(H,27,29). The number of methoxy groups -OCH3 is 1. The van der Waals surface area contributed by atoms with Crippen molar-refractivity contribution in [3.63, 3.8) is 0 Å². The number of aromatic hydroxyl groups is 1. The van der Waals surface area contributed by atoms with Gasteiger partial charge in [-0.3, -0.25) is 9.59 Å². The van der Waals surface area contributed by atoms with E-state index in [0.717, 1.165) is 6.07 Å². The van der Waals surface area contributed by atoms with Gasteiger partial charge >= 0.3 is 0 Å². The van der Waals surface area contributed by atoms with Gasteiger partial charge in [-0.05, 0) is 42.5 Å². The first kappa shape index (κ1) is 22.7. The molecule has 3 aromatic rings. The van der Waals surface area contributed by atoms with Crippen LogP contribution in [-0.4, -0.2) is 24.0 Å². The van der Waals surface area contributed by atoms with Crippen molar-refractivity contribution in [3.8, 4) is 11.5 Å². The number of benzene rings is 3. The molecular weight excluding hydrogens is 470 g/mol. The van der Waals surface area contributed by atoms with Gasteiger partial charge in [-0.1, -0.05) is 40.9 Å². The summed E-state index contributed by atoms with van der Waals surface area (Å²) in [6.45, 7) is 0. The van der Waals surface area contributed by atoms with Crippen molar-refractivity contribution >= 4 is 58.0 Å². The smallest absolute Gasteiger partial charge is 0.261 e. The summed E-state index contributed by atoms with van der Waals surface area (Å²) < 4.78 is 18.6. The number of ether oxygens (including phenoxy) is 1. The molecule has 2 amide bonds. The molecular formula is C21H14Cl3FN2O4. The van der Waals surface area contributed by atoms with Crippen LogP contribution in [0.15, 0.2) is 48.5 Å². The van der Waals surface area contributed by atoms with E-state index in [1.807, 2.05) is 0 Å². The number of phenols is 1. The van der Waals surface area contributed by atoms with E-state index >= 15 is 0 Å². The molecule has 6 nitrogen and oxygen atoms in total. The zero-order chi connectivity index (χ0) is 22.7. The fourth-order valence-corrected chi connectivity index (χ4v) is 3.39. The first-order chi connectivity index (χ1) is 14.7. The minimum atomic E-state index is -0.778. The number of halogens is 4. The fourth-order valence-electron chi connectivity index (χ4n) is 2.69. The van der Waals surface area contributed by atoms with Crippen molar-refractivity contribution in [1.29, 1.82) is 0 Å². The van der Waals surface area contributed by atoms with E-state index in [4.69, 9.17) is 39.5 Å². The predicted octanol–water partition coefficient (Wildman–Crippen LogP) is 6.00. The van der Waals surface area contributed by atoms with Gasteiger partial charge in [-0.2, -0.15) is 0 Å². The van der Waals surface area contributed by atoms with E-state index in [2.05, 4.69) is 10.6 Å². The zero-order valence-corrected chi connectivity index (χ0v) is 18.1. The Labute approximate surface area is 191 Å². The average Bonchev–Trinajstić information content (AvgIpc) is 2.72. The lowest BCUT2D eigenvalue weighted by molar-refractivity contribution is 0.101. The summed E-state index contributed by atoms with van der Waals surface area (Å²) >= 11 is 17.8. The highest BCUT2D eigenvalue weighted by Gasteiger charge is 2.22. The minimum Gasteiger partial charge on any atom is -0.505 e. The Hall–Kier alpha value is -3.00. The van der Waals surface area contributed by atoms with Crippen LogP contribution in [0.2, 0.25) is 15.1 Å². The SMILES string of the molecule is COc1ccc(NC(=O)c2c(O)c(Cl)cc(Cl)c2Cl)cc1NC(=O)c1cccc(F)c1. The predicted molar refractivity (Wildman–Crippen MR) is 118 cm³/mol. The van der Waals surface area contributed by atoms with Crippen molar-refractivity contribution < 1.29 is 23.8 Å². The molecule has 0 saturated heterocycles. The molecule has 3 aromatic carbocycles. The summed E-state index contributed by atoms with van der Waals surface area (Å²) in [6.07, 6.45) is 0. The first-order valence-corrected chi connectivity index (χ1v) is 9.77. The van der Waals surface area contributed by atoms with E-state index in [0.29, 0.717) is 5.75 Å². The number of rotatable bonds is 5. The quantitative estimate of drug-likeness (QED) is 0.388. The molecule has 0 aliphatic carbocycles. The molecule has 31 heavy (non-hydrogen) atoms.